The van der Waals surface area contributed by atoms with Gasteiger partial charge in [-0.2, -0.15) is 11.3 Å². The summed E-state index contributed by atoms with van der Waals surface area (Å²) in [6, 6.07) is 17.6. The first-order valence-electron chi connectivity index (χ1n) is 8.17. The van der Waals surface area contributed by atoms with Crippen LogP contribution in [-0.2, 0) is 6.54 Å². The Morgan fingerprint density at radius 3 is 2.54 bits per heavy atom. The van der Waals surface area contributed by atoms with Crippen LogP contribution in [0.3, 0.4) is 0 Å². The molecule has 0 saturated heterocycles. The van der Waals surface area contributed by atoms with Gasteiger partial charge in [0.1, 0.15) is 5.75 Å². The van der Waals surface area contributed by atoms with E-state index in [4.69, 9.17) is 4.74 Å². The van der Waals surface area contributed by atoms with Crippen LogP contribution in [0.4, 0.5) is 0 Å². The van der Waals surface area contributed by atoms with Crippen molar-refractivity contribution in [2.24, 2.45) is 0 Å². The fourth-order valence-corrected chi connectivity index (χ4v) is 3.41. The molecule has 124 valence electrons. The molecule has 0 saturated carbocycles. The lowest BCUT2D eigenvalue weighted by molar-refractivity contribution is 0.416. The third kappa shape index (κ3) is 3.86. The Kier molecular flexibility index (Phi) is 5.34. The van der Waals surface area contributed by atoms with E-state index in [2.05, 4.69) is 78.5 Å². The smallest absolute Gasteiger partial charge is 0.126 e. The van der Waals surface area contributed by atoms with Crippen LogP contribution in [0, 0.1) is 6.92 Å². The number of rotatable bonds is 6. The summed E-state index contributed by atoms with van der Waals surface area (Å²) >= 11 is 1.70. The van der Waals surface area contributed by atoms with Gasteiger partial charge in [0.2, 0.25) is 0 Å². The molecule has 3 rings (SSSR count). The van der Waals surface area contributed by atoms with E-state index in [1.807, 2.05) is 0 Å². The molecule has 0 bridgehead atoms. The standard InChI is InChI=1S/C21H23NOS/c1-15-4-7-18(8-5-15)16(2)22-13-17-6-9-21(23-3)20(12-17)19-10-11-24-14-19/h4-12,14,16,22H,13H2,1-3H3. The van der Waals surface area contributed by atoms with Crippen LogP contribution >= 0.6 is 11.3 Å². The van der Waals surface area contributed by atoms with Crippen molar-refractivity contribution >= 4 is 11.3 Å². The Bertz CT molecular complexity index is 778. The largest absolute Gasteiger partial charge is 0.496 e. The van der Waals surface area contributed by atoms with Crippen molar-refractivity contribution in [3.63, 3.8) is 0 Å². The number of ether oxygens (including phenoxy) is 1. The fraction of sp³-hybridized carbons (Fsp3) is 0.238. The van der Waals surface area contributed by atoms with Crippen molar-refractivity contribution in [2.45, 2.75) is 26.4 Å². The Balaban J connectivity index is 1.73. The van der Waals surface area contributed by atoms with Crippen molar-refractivity contribution < 1.29 is 4.74 Å². The van der Waals surface area contributed by atoms with Crippen LogP contribution in [-0.4, -0.2) is 7.11 Å². The van der Waals surface area contributed by atoms with Gasteiger partial charge in [-0.15, -0.1) is 0 Å². The van der Waals surface area contributed by atoms with E-state index in [0.717, 1.165) is 17.9 Å². The van der Waals surface area contributed by atoms with Crippen LogP contribution in [0.25, 0.3) is 11.1 Å². The summed E-state index contributed by atoms with van der Waals surface area (Å²) in [4.78, 5) is 0. The molecule has 1 N–H and O–H groups in total. The number of thiophene rings is 1. The van der Waals surface area contributed by atoms with Gasteiger partial charge < -0.3 is 10.1 Å². The maximum atomic E-state index is 5.51. The molecule has 0 aliphatic carbocycles. The molecule has 0 aliphatic rings. The monoisotopic (exact) mass is 337 g/mol. The van der Waals surface area contributed by atoms with Crippen LogP contribution in [0.2, 0.25) is 0 Å². The lowest BCUT2D eigenvalue weighted by atomic mass is 10.0. The van der Waals surface area contributed by atoms with Gasteiger partial charge in [-0.25, -0.2) is 0 Å². The highest BCUT2D eigenvalue weighted by Crippen LogP contribution is 2.32. The summed E-state index contributed by atoms with van der Waals surface area (Å²) in [6.45, 7) is 5.15. The Morgan fingerprint density at radius 2 is 1.88 bits per heavy atom. The highest BCUT2D eigenvalue weighted by atomic mass is 32.1. The lowest BCUT2D eigenvalue weighted by Crippen LogP contribution is -2.18. The number of aryl methyl sites for hydroxylation is 1. The van der Waals surface area contributed by atoms with Crippen molar-refractivity contribution in [3.8, 4) is 16.9 Å². The van der Waals surface area contributed by atoms with Crippen LogP contribution in [0.1, 0.15) is 29.7 Å². The molecule has 0 amide bonds. The van der Waals surface area contributed by atoms with Crippen molar-refractivity contribution in [3.05, 3.63) is 76.0 Å². The van der Waals surface area contributed by atoms with Gasteiger partial charge in [-0.05, 0) is 59.5 Å². The van der Waals surface area contributed by atoms with Crippen LogP contribution in [0.5, 0.6) is 5.75 Å². The van der Waals surface area contributed by atoms with Crippen molar-refractivity contribution in [1.82, 2.24) is 5.32 Å². The minimum Gasteiger partial charge on any atom is -0.496 e. The number of nitrogens with one attached hydrogen (secondary N) is 1. The number of benzene rings is 2. The first kappa shape index (κ1) is 16.7. The molecule has 0 radical (unpaired) electrons. The van der Waals surface area contributed by atoms with E-state index in [-0.39, 0.29) is 0 Å². The average molecular weight is 337 g/mol. The summed E-state index contributed by atoms with van der Waals surface area (Å²) in [5.41, 5.74) is 6.23. The fourth-order valence-electron chi connectivity index (χ4n) is 2.75. The second-order valence-corrected chi connectivity index (χ2v) is 6.84. The van der Waals surface area contributed by atoms with E-state index in [1.165, 1.54) is 22.3 Å². The first-order chi connectivity index (χ1) is 11.7. The molecule has 0 fully saturated rings. The van der Waals surface area contributed by atoms with Crippen LogP contribution < -0.4 is 10.1 Å². The SMILES string of the molecule is COc1ccc(CNC(C)c2ccc(C)cc2)cc1-c1ccsc1. The van der Waals surface area contributed by atoms with Gasteiger partial charge in [-0.3, -0.25) is 0 Å². The van der Waals surface area contributed by atoms with Crippen molar-refractivity contribution in [1.29, 1.82) is 0 Å². The second-order valence-electron chi connectivity index (χ2n) is 6.06. The third-order valence-electron chi connectivity index (χ3n) is 4.29. The zero-order chi connectivity index (χ0) is 16.9. The molecular weight excluding hydrogens is 314 g/mol. The topological polar surface area (TPSA) is 21.3 Å². The van der Waals surface area contributed by atoms with E-state index in [1.54, 1.807) is 18.4 Å². The van der Waals surface area contributed by atoms with Gasteiger partial charge in [-0.1, -0.05) is 35.9 Å². The summed E-state index contributed by atoms with van der Waals surface area (Å²) in [5.74, 6) is 0.920. The Morgan fingerprint density at radius 1 is 1.08 bits per heavy atom. The molecule has 1 heterocycles. The predicted molar refractivity (Wildman–Crippen MR) is 103 cm³/mol. The van der Waals surface area contributed by atoms with Crippen LogP contribution in [0.15, 0.2) is 59.3 Å². The van der Waals surface area contributed by atoms with Gasteiger partial charge in [0.05, 0.1) is 7.11 Å². The third-order valence-corrected chi connectivity index (χ3v) is 4.97. The summed E-state index contributed by atoms with van der Waals surface area (Å²) in [6.07, 6.45) is 0. The predicted octanol–water partition coefficient (Wildman–Crippen LogP) is 5.58. The maximum absolute atomic E-state index is 5.51. The molecule has 1 atom stereocenters. The quantitative estimate of drug-likeness (QED) is 0.634. The van der Waals surface area contributed by atoms with Gasteiger partial charge in [0.25, 0.3) is 0 Å². The van der Waals surface area contributed by atoms with Gasteiger partial charge in [0, 0.05) is 18.2 Å². The van der Waals surface area contributed by atoms with Gasteiger partial charge >= 0.3 is 0 Å². The molecule has 1 aromatic heterocycles. The molecule has 0 aliphatic heterocycles. The molecular formula is C21H23NOS. The van der Waals surface area contributed by atoms with E-state index in [9.17, 15) is 0 Å². The molecule has 2 nitrogen and oxygen atoms in total. The Labute approximate surface area is 148 Å². The number of hydrogen-bond acceptors (Lipinski definition) is 3. The molecule has 3 aromatic rings. The summed E-state index contributed by atoms with van der Waals surface area (Å²) in [7, 11) is 1.72. The molecule has 3 heteroatoms. The number of hydrogen-bond donors (Lipinski definition) is 1. The minimum atomic E-state index is 0.317. The Hall–Kier alpha value is -2.10. The number of methoxy groups -OCH3 is 1. The highest BCUT2D eigenvalue weighted by molar-refractivity contribution is 7.08. The normalized spacial score (nSPS) is 12.1. The zero-order valence-electron chi connectivity index (χ0n) is 14.4. The molecule has 0 spiro atoms. The molecule has 24 heavy (non-hydrogen) atoms. The zero-order valence-corrected chi connectivity index (χ0v) is 15.2. The van der Waals surface area contributed by atoms with E-state index in [0.29, 0.717) is 6.04 Å². The van der Waals surface area contributed by atoms with E-state index < -0.39 is 0 Å². The molecule has 2 aromatic carbocycles. The minimum absolute atomic E-state index is 0.317. The summed E-state index contributed by atoms with van der Waals surface area (Å²) in [5, 5.41) is 7.86. The second kappa shape index (κ2) is 7.65. The highest BCUT2D eigenvalue weighted by Gasteiger charge is 2.09. The van der Waals surface area contributed by atoms with Crippen molar-refractivity contribution in [2.75, 3.05) is 7.11 Å². The maximum Gasteiger partial charge on any atom is 0.126 e. The van der Waals surface area contributed by atoms with Gasteiger partial charge in [0.15, 0.2) is 0 Å². The lowest BCUT2D eigenvalue weighted by Gasteiger charge is -2.16. The van der Waals surface area contributed by atoms with E-state index >= 15 is 0 Å². The summed E-state index contributed by atoms with van der Waals surface area (Å²) < 4.78 is 5.51. The average Bonchev–Trinajstić information content (AvgIpc) is 3.14. The first-order valence-corrected chi connectivity index (χ1v) is 9.11. The molecule has 1 unspecified atom stereocenters.